The molecule has 1 aliphatic rings. The largest absolute Gasteiger partial charge is 0.493 e. The molecule has 1 aromatic rings. The molecule has 1 unspecified atom stereocenters. The van der Waals surface area contributed by atoms with Crippen LogP contribution in [-0.4, -0.2) is 37.7 Å². The summed E-state index contributed by atoms with van der Waals surface area (Å²) >= 11 is 0. The summed E-state index contributed by atoms with van der Waals surface area (Å²) in [5.41, 5.74) is 0.774. The van der Waals surface area contributed by atoms with Crippen LogP contribution in [0.3, 0.4) is 0 Å². The first-order valence-corrected chi connectivity index (χ1v) is 5.80. The highest BCUT2D eigenvalue weighted by Gasteiger charge is 2.21. The van der Waals surface area contributed by atoms with E-state index in [1.165, 1.54) is 0 Å². The van der Waals surface area contributed by atoms with E-state index in [-0.39, 0.29) is 11.9 Å². The zero-order chi connectivity index (χ0) is 13.0. The first kappa shape index (κ1) is 12.6. The predicted molar refractivity (Wildman–Crippen MR) is 65.6 cm³/mol. The number of rotatable bonds is 5. The molecule has 18 heavy (non-hydrogen) atoms. The first-order chi connectivity index (χ1) is 8.74. The second-order valence-corrected chi connectivity index (χ2v) is 4.08. The lowest BCUT2D eigenvalue weighted by atomic mass is 10.2. The molecule has 2 N–H and O–H groups in total. The molecule has 0 aromatic carbocycles. The first-order valence-electron chi connectivity index (χ1n) is 5.80. The summed E-state index contributed by atoms with van der Waals surface area (Å²) in [5, 5.41) is 6.05. The number of nitrogens with one attached hydrogen (secondary N) is 2. The summed E-state index contributed by atoms with van der Waals surface area (Å²) in [6.07, 6.45) is 2.18. The van der Waals surface area contributed by atoms with Gasteiger partial charge in [0.25, 0.3) is 0 Å². The van der Waals surface area contributed by atoms with Gasteiger partial charge >= 0.3 is 0 Å². The minimum atomic E-state index is 0.0815. The Morgan fingerprint density at radius 2 is 2.33 bits per heavy atom. The van der Waals surface area contributed by atoms with Gasteiger partial charge < -0.3 is 20.1 Å². The van der Waals surface area contributed by atoms with Gasteiger partial charge in [-0.3, -0.25) is 9.78 Å². The fraction of sp³-hybridized carbons (Fsp3) is 0.500. The van der Waals surface area contributed by atoms with E-state index < -0.39 is 0 Å². The Morgan fingerprint density at radius 1 is 1.50 bits per heavy atom. The molecule has 0 spiro atoms. The molecule has 6 nitrogen and oxygen atoms in total. The van der Waals surface area contributed by atoms with Crippen LogP contribution in [0, 0.1) is 0 Å². The maximum absolute atomic E-state index is 11.1. The standard InChI is InChI=1S/C12H17N3O3/c1-17-10-3-4-13-9(12(10)18-2)7-14-8-5-11(16)15-6-8/h3-4,8,14H,5-7H2,1-2H3,(H,15,16). The quantitative estimate of drug-likeness (QED) is 0.775. The highest BCUT2D eigenvalue weighted by molar-refractivity contribution is 5.78. The monoisotopic (exact) mass is 251 g/mol. The number of aromatic nitrogens is 1. The SMILES string of the molecule is COc1ccnc(CNC2CNC(=O)C2)c1OC. The van der Waals surface area contributed by atoms with E-state index in [4.69, 9.17) is 9.47 Å². The third kappa shape index (κ3) is 2.70. The van der Waals surface area contributed by atoms with Gasteiger partial charge in [-0.05, 0) is 0 Å². The molecule has 1 aromatic heterocycles. The van der Waals surface area contributed by atoms with Gasteiger partial charge in [0.1, 0.15) is 0 Å². The number of hydrogen-bond acceptors (Lipinski definition) is 5. The van der Waals surface area contributed by atoms with Crippen molar-refractivity contribution in [3.63, 3.8) is 0 Å². The third-order valence-corrected chi connectivity index (χ3v) is 2.90. The maximum atomic E-state index is 11.1. The number of nitrogens with zero attached hydrogens (tertiary/aromatic N) is 1. The summed E-state index contributed by atoms with van der Waals surface area (Å²) in [7, 11) is 3.18. The van der Waals surface area contributed by atoms with E-state index >= 15 is 0 Å². The minimum absolute atomic E-state index is 0.0815. The molecule has 2 rings (SSSR count). The molecule has 2 heterocycles. The van der Waals surface area contributed by atoms with Gasteiger partial charge in [0.05, 0.1) is 19.9 Å². The van der Waals surface area contributed by atoms with Crippen molar-refractivity contribution in [3.8, 4) is 11.5 Å². The average Bonchev–Trinajstić information content (AvgIpc) is 2.81. The van der Waals surface area contributed by atoms with Crippen molar-refractivity contribution in [2.45, 2.75) is 19.0 Å². The molecule has 98 valence electrons. The van der Waals surface area contributed by atoms with Crippen LogP contribution in [0.15, 0.2) is 12.3 Å². The van der Waals surface area contributed by atoms with E-state index in [0.29, 0.717) is 31.0 Å². The molecule has 0 bridgehead atoms. The van der Waals surface area contributed by atoms with E-state index in [2.05, 4.69) is 15.6 Å². The summed E-state index contributed by atoms with van der Waals surface area (Å²) in [6.45, 7) is 1.20. The fourth-order valence-corrected chi connectivity index (χ4v) is 1.97. The maximum Gasteiger partial charge on any atom is 0.221 e. The Hall–Kier alpha value is -1.82. The van der Waals surface area contributed by atoms with Crippen LogP contribution in [0.25, 0.3) is 0 Å². The second-order valence-electron chi connectivity index (χ2n) is 4.08. The second kappa shape index (κ2) is 5.68. The highest BCUT2D eigenvalue weighted by Crippen LogP contribution is 2.28. The molecule has 0 radical (unpaired) electrons. The van der Waals surface area contributed by atoms with Gasteiger partial charge in [0.2, 0.25) is 5.91 Å². The van der Waals surface area contributed by atoms with Crippen molar-refractivity contribution in [2.75, 3.05) is 20.8 Å². The summed E-state index contributed by atoms with van der Waals surface area (Å²) in [4.78, 5) is 15.3. The summed E-state index contributed by atoms with van der Waals surface area (Å²) < 4.78 is 10.5. The lowest BCUT2D eigenvalue weighted by Crippen LogP contribution is -2.30. The van der Waals surface area contributed by atoms with Crippen LogP contribution in [0.5, 0.6) is 11.5 Å². The summed E-state index contributed by atoms with van der Waals surface area (Å²) in [5.74, 6) is 1.37. The zero-order valence-corrected chi connectivity index (χ0v) is 10.5. The van der Waals surface area contributed by atoms with Gasteiger partial charge in [-0.2, -0.15) is 0 Å². The van der Waals surface area contributed by atoms with Crippen LogP contribution in [0.2, 0.25) is 0 Å². The van der Waals surface area contributed by atoms with Crippen molar-refractivity contribution in [2.24, 2.45) is 0 Å². The van der Waals surface area contributed by atoms with Gasteiger partial charge in [-0.1, -0.05) is 0 Å². The molecular weight excluding hydrogens is 234 g/mol. The van der Waals surface area contributed by atoms with Crippen LogP contribution < -0.4 is 20.1 Å². The van der Waals surface area contributed by atoms with Gasteiger partial charge in [0.15, 0.2) is 11.5 Å². The Labute approximate surface area is 106 Å². The van der Waals surface area contributed by atoms with Crippen molar-refractivity contribution in [1.29, 1.82) is 0 Å². The predicted octanol–water partition coefficient (Wildman–Crippen LogP) is 0.0769. The van der Waals surface area contributed by atoms with E-state index in [1.54, 1.807) is 26.5 Å². The highest BCUT2D eigenvalue weighted by atomic mass is 16.5. The molecule has 1 amide bonds. The number of ether oxygens (including phenoxy) is 2. The molecule has 1 aliphatic heterocycles. The van der Waals surface area contributed by atoms with Crippen molar-refractivity contribution in [1.82, 2.24) is 15.6 Å². The molecule has 1 atom stereocenters. The number of pyridine rings is 1. The zero-order valence-electron chi connectivity index (χ0n) is 10.5. The number of hydrogen-bond donors (Lipinski definition) is 2. The Kier molecular flexibility index (Phi) is 3.99. The number of carbonyl (C=O) groups excluding carboxylic acids is 1. The molecular formula is C12H17N3O3. The Bertz CT molecular complexity index is 437. The van der Waals surface area contributed by atoms with Crippen molar-refractivity contribution < 1.29 is 14.3 Å². The minimum Gasteiger partial charge on any atom is -0.493 e. The molecule has 0 saturated carbocycles. The van der Waals surface area contributed by atoms with E-state index in [9.17, 15) is 4.79 Å². The Morgan fingerprint density at radius 3 is 2.94 bits per heavy atom. The molecule has 6 heteroatoms. The molecule has 1 saturated heterocycles. The van der Waals surface area contributed by atoms with Crippen LogP contribution in [-0.2, 0) is 11.3 Å². The van der Waals surface area contributed by atoms with Gasteiger partial charge in [0, 0.05) is 37.8 Å². The normalized spacial score (nSPS) is 18.6. The van der Waals surface area contributed by atoms with Crippen LogP contribution in [0.4, 0.5) is 0 Å². The lowest BCUT2D eigenvalue weighted by Gasteiger charge is -2.14. The molecule has 1 fully saturated rings. The van der Waals surface area contributed by atoms with Crippen molar-refractivity contribution >= 4 is 5.91 Å². The third-order valence-electron chi connectivity index (χ3n) is 2.90. The van der Waals surface area contributed by atoms with Gasteiger partial charge in [-0.15, -0.1) is 0 Å². The number of amides is 1. The lowest BCUT2D eigenvalue weighted by molar-refractivity contribution is -0.119. The average molecular weight is 251 g/mol. The topological polar surface area (TPSA) is 72.5 Å². The van der Waals surface area contributed by atoms with Crippen LogP contribution >= 0.6 is 0 Å². The molecule has 0 aliphatic carbocycles. The number of carbonyl (C=O) groups is 1. The van der Waals surface area contributed by atoms with Crippen molar-refractivity contribution in [3.05, 3.63) is 18.0 Å². The number of methoxy groups -OCH3 is 2. The van der Waals surface area contributed by atoms with E-state index in [1.807, 2.05) is 0 Å². The summed E-state index contributed by atoms with van der Waals surface area (Å²) in [6, 6.07) is 1.90. The van der Waals surface area contributed by atoms with Gasteiger partial charge in [-0.25, -0.2) is 0 Å². The Balaban J connectivity index is 2.02. The smallest absolute Gasteiger partial charge is 0.221 e. The van der Waals surface area contributed by atoms with Crippen LogP contribution in [0.1, 0.15) is 12.1 Å². The van der Waals surface area contributed by atoms with E-state index in [0.717, 1.165) is 5.69 Å². The fourth-order valence-electron chi connectivity index (χ4n) is 1.97.